The number of nitrogens with zero attached hydrogens (tertiary/aromatic N) is 2. The minimum atomic E-state index is -0.428. The van der Waals surface area contributed by atoms with Crippen molar-refractivity contribution >= 4 is 0 Å². The van der Waals surface area contributed by atoms with Crippen LogP contribution >= 0.6 is 0 Å². The van der Waals surface area contributed by atoms with Gasteiger partial charge in [0.1, 0.15) is 5.54 Å². The third kappa shape index (κ3) is 3.56. The highest BCUT2D eigenvalue weighted by atomic mass is 15.1. The molecule has 0 bridgehead atoms. The Bertz CT molecular complexity index is 450. The van der Waals surface area contributed by atoms with Gasteiger partial charge in [0.2, 0.25) is 0 Å². The monoisotopic (exact) mass is 257 g/mol. The van der Waals surface area contributed by atoms with E-state index in [2.05, 4.69) is 54.4 Å². The smallest absolute Gasteiger partial charge is 0.105 e. The highest BCUT2D eigenvalue weighted by Gasteiger charge is 2.26. The van der Waals surface area contributed by atoms with E-state index in [1.807, 2.05) is 6.92 Å². The molecule has 0 spiro atoms. The molecule has 1 aliphatic heterocycles. The largest absolute Gasteiger partial charge is 0.297 e. The Morgan fingerprint density at radius 3 is 2.37 bits per heavy atom. The normalized spacial score (nSPS) is 18.1. The second kappa shape index (κ2) is 5.73. The summed E-state index contributed by atoms with van der Waals surface area (Å²) in [5.41, 5.74) is 2.43. The first-order chi connectivity index (χ1) is 9.02. The summed E-state index contributed by atoms with van der Waals surface area (Å²) in [5, 5.41) is 12.7. The molecule has 0 saturated heterocycles. The minimum Gasteiger partial charge on any atom is -0.297 e. The second-order valence-corrected chi connectivity index (χ2v) is 5.97. The number of nitrogens with one attached hydrogen (secondary N) is 1. The Morgan fingerprint density at radius 2 is 1.89 bits per heavy atom. The van der Waals surface area contributed by atoms with E-state index < -0.39 is 5.54 Å². The molecule has 1 heterocycles. The molecule has 2 rings (SSSR count). The lowest BCUT2D eigenvalue weighted by Crippen LogP contribution is -2.46. The van der Waals surface area contributed by atoms with Crippen LogP contribution in [0.25, 0.3) is 0 Å². The first-order valence-corrected chi connectivity index (χ1v) is 7.00. The molecule has 102 valence electrons. The van der Waals surface area contributed by atoms with Crippen molar-refractivity contribution in [2.75, 3.05) is 6.54 Å². The first-order valence-electron chi connectivity index (χ1n) is 7.00. The predicted molar refractivity (Wildman–Crippen MR) is 77.5 cm³/mol. The standard InChI is InChI=1S/C16H23N3/c1-13(2)18-16(3,12-17)8-9-19-10-14-6-4-5-7-15(14)11-19/h4-7,13,18H,8-11H2,1-3H3. The van der Waals surface area contributed by atoms with Gasteiger partial charge in [-0.3, -0.25) is 10.2 Å². The predicted octanol–water partition coefficient (Wildman–Crippen LogP) is 2.67. The molecule has 1 N–H and O–H groups in total. The van der Waals surface area contributed by atoms with Crippen LogP contribution in [0.1, 0.15) is 38.3 Å². The van der Waals surface area contributed by atoms with Gasteiger partial charge in [0.05, 0.1) is 6.07 Å². The molecule has 0 aromatic heterocycles. The average Bonchev–Trinajstić information content (AvgIpc) is 2.78. The van der Waals surface area contributed by atoms with Crippen molar-refractivity contribution in [2.24, 2.45) is 0 Å². The fourth-order valence-electron chi connectivity index (χ4n) is 2.74. The lowest BCUT2D eigenvalue weighted by molar-refractivity contribution is 0.245. The number of benzene rings is 1. The van der Waals surface area contributed by atoms with Crippen LogP contribution in [0.4, 0.5) is 0 Å². The summed E-state index contributed by atoms with van der Waals surface area (Å²) in [5.74, 6) is 0. The average molecular weight is 257 g/mol. The SMILES string of the molecule is CC(C)NC(C)(C#N)CCN1Cc2ccccc2C1. The van der Waals surface area contributed by atoms with Gasteiger partial charge in [-0.15, -0.1) is 0 Å². The molecule has 1 atom stereocenters. The summed E-state index contributed by atoms with van der Waals surface area (Å²) >= 11 is 0. The van der Waals surface area contributed by atoms with Crippen LogP contribution in [0.3, 0.4) is 0 Å². The zero-order valence-electron chi connectivity index (χ0n) is 12.1. The molecule has 19 heavy (non-hydrogen) atoms. The number of hydrogen-bond donors (Lipinski definition) is 1. The maximum absolute atomic E-state index is 9.35. The molecule has 1 aromatic carbocycles. The van der Waals surface area contributed by atoms with E-state index in [-0.39, 0.29) is 0 Å². The lowest BCUT2D eigenvalue weighted by Gasteiger charge is -2.28. The number of fused-ring (bicyclic) bond motifs is 1. The van der Waals surface area contributed by atoms with Gasteiger partial charge in [0.15, 0.2) is 0 Å². The molecule has 0 amide bonds. The molecule has 3 nitrogen and oxygen atoms in total. The molecule has 1 aliphatic rings. The lowest BCUT2D eigenvalue weighted by atomic mass is 9.98. The Balaban J connectivity index is 1.89. The van der Waals surface area contributed by atoms with Gasteiger partial charge in [-0.1, -0.05) is 24.3 Å². The van der Waals surface area contributed by atoms with Gasteiger partial charge in [-0.2, -0.15) is 5.26 Å². The van der Waals surface area contributed by atoms with Gasteiger partial charge < -0.3 is 0 Å². The van der Waals surface area contributed by atoms with Crippen molar-refractivity contribution in [2.45, 2.75) is 51.9 Å². The zero-order chi connectivity index (χ0) is 13.9. The van der Waals surface area contributed by atoms with Gasteiger partial charge in [-0.25, -0.2) is 0 Å². The van der Waals surface area contributed by atoms with E-state index in [0.717, 1.165) is 26.1 Å². The topological polar surface area (TPSA) is 39.1 Å². The van der Waals surface area contributed by atoms with Crippen molar-refractivity contribution in [3.63, 3.8) is 0 Å². The summed E-state index contributed by atoms with van der Waals surface area (Å²) in [4.78, 5) is 2.42. The Labute approximate surface area is 116 Å². The minimum absolute atomic E-state index is 0.334. The Kier molecular flexibility index (Phi) is 4.24. The quantitative estimate of drug-likeness (QED) is 0.881. The first kappa shape index (κ1) is 14.0. The van der Waals surface area contributed by atoms with E-state index in [0.29, 0.717) is 6.04 Å². The van der Waals surface area contributed by atoms with Crippen molar-refractivity contribution < 1.29 is 0 Å². The third-order valence-corrected chi connectivity index (χ3v) is 3.69. The number of nitriles is 1. The summed E-state index contributed by atoms with van der Waals surface area (Å²) in [6.45, 7) is 9.15. The van der Waals surface area contributed by atoms with E-state index in [1.165, 1.54) is 11.1 Å². The Morgan fingerprint density at radius 1 is 1.32 bits per heavy atom. The van der Waals surface area contributed by atoms with Crippen LogP contribution in [0.2, 0.25) is 0 Å². The molecule has 0 aliphatic carbocycles. The molecule has 0 fully saturated rings. The fourth-order valence-corrected chi connectivity index (χ4v) is 2.74. The summed E-state index contributed by atoms with van der Waals surface area (Å²) in [6.07, 6.45) is 0.857. The van der Waals surface area contributed by atoms with Crippen LogP contribution in [-0.4, -0.2) is 23.0 Å². The second-order valence-electron chi connectivity index (χ2n) is 5.97. The zero-order valence-corrected chi connectivity index (χ0v) is 12.1. The van der Waals surface area contributed by atoms with Crippen molar-refractivity contribution in [3.05, 3.63) is 35.4 Å². The van der Waals surface area contributed by atoms with Crippen LogP contribution in [0.15, 0.2) is 24.3 Å². The molecule has 1 unspecified atom stereocenters. The van der Waals surface area contributed by atoms with Gasteiger partial charge >= 0.3 is 0 Å². The summed E-state index contributed by atoms with van der Waals surface area (Å²) in [6, 6.07) is 11.3. The highest BCUT2D eigenvalue weighted by molar-refractivity contribution is 5.30. The fraction of sp³-hybridized carbons (Fsp3) is 0.562. The maximum atomic E-state index is 9.35. The van der Waals surface area contributed by atoms with Crippen LogP contribution in [-0.2, 0) is 13.1 Å². The van der Waals surface area contributed by atoms with Crippen molar-refractivity contribution in [3.8, 4) is 6.07 Å². The number of hydrogen-bond acceptors (Lipinski definition) is 3. The summed E-state index contributed by atoms with van der Waals surface area (Å²) in [7, 11) is 0. The van der Waals surface area contributed by atoms with E-state index in [4.69, 9.17) is 0 Å². The van der Waals surface area contributed by atoms with E-state index in [9.17, 15) is 5.26 Å². The molecule has 0 saturated carbocycles. The Hall–Kier alpha value is -1.37. The molecular formula is C16H23N3. The van der Waals surface area contributed by atoms with Gasteiger partial charge in [-0.05, 0) is 38.3 Å². The molecule has 3 heteroatoms. The van der Waals surface area contributed by atoms with Crippen molar-refractivity contribution in [1.82, 2.24) is 10.2 Å². The van der Waals surface area contributed by atoms with Crippen LogP contribution in [0, 0.1) is 11.3 Å². The third-order valence-electron chi connectivity index (χ3n) is 3.69. The van der Waals surface area contributed by atoms with Gasteiger partial charge in [0, 0.05) is 25.7 Å². The summed E-state index contributed by atoms with van der Waals surface area (Å²) < 4.78 is 0. The number of rotatable bonds is 5. The molecule has 0 radical (unpaired) electrons. The highest BCUT2D eigenvalue weighted by Crippen LogP contribution is 2.23. The maximum Gasteiger partial charge on any atom is 0.105 e. The van der Waals surface area contributed by atoms with E-state index >= 15 is 0 Å². The van der Waals surface area contributed by atoms with Gasteiger partial charge in [0.25, 0.3) is 0 Å². The van der Waals surface area contributed by atoms with Crippen LogP contribution < -0.4 is 5.32 Å². The molecular weight excluding hydrogens is 234 g/mol. The van der Waals surface area contributed by atoms with Crippen LogP contribution in [0.5, 0.6) is 0 Å². The van der Waals surface area contributed by atoms with Crippen molar-refractivity contribution in [1.29, 1.82) is 5.26 Å². The molecule has 1 aromatic rings. The van der Waals surface area contributed by atoms with E-state index in [1.54, 1.807) is 0 Å².